The number of ether oxygens (including phenoxy) is 1. The Kier molecular flexibility index (Phi) is 4.96. The molecule has 0 saturated heterocycles. The number of hydrogen-bond donors (Lipinski definition) is 1. The zero-order valence-corrected chi connectivity index (χ0v) is 19.3. The van der Waals surface area contributed by atoms with Crippen LogP contribution in [0.5, 0.6) is 5.88 Å². The van der Waals surface area contributed by atoms with Gasteiger partial charge in [0, 0.05) is 34.9 Å². The molecule has 0 radical (unpaired) electrons. The van der Waals surface area contributed by atoms with E-state index in [0.717, 1.165) is 28.8 Å². The van der Waals surface area contributed by atoms with E-state index in [1.54, 1.807) is 12.3 Å². The summed E-state index contributed by atoms with van der Waals surface area (Å²) in [5.74, 6) is 0.0564. The second-order valence-electron chi connectivity index (χ2n) is 9.70. The molecule has 2 atom stereocenters. The van der Waals surface area contributed by atoms with Crippen LogP contribution in [0, 0.1) is 11.2 Å². The number of fused-ring (bicyclic) bond motifs is 1. The van der Waals surface area contributed by atoms with E-state index in [9.17, 15) is 9.18 Å². The SMILES string of the molecule is CC[C@@]1(c2cccc(-c3cc(OC)ncc3F)c2)C2=CN=NC2NC2=C1C(=O)CC(C)(C)C2. The van der Waals surface area contributed by atoms with Gasteiger partial charge in [-0.3, -0.25) is 4.79 Å². The van der Waals surface area contributed by atoms with Crippen molar-refractivity contribution >= 4 is 5.78 Å². The molecule has 170 valence electrons. The van der Waals surface area contributed by atoms with E-state index in [0.29, 0.717) is 29.8 Å². The molecule has 7 heteroatoms. The standard InChI is InChI=1S/C26H27FN4O2/c1-5-26(16-8-6-7-15(9-16)17-10-22(33-4)28-14-19(17)27)18-13-29-31-24(18)30-20-11-25(2,3)12-21(32)23(20)26/h6-10,13-14,24,30H,5,11-12H2,1-4H3/t24?,26-/m1/s1. The summed E-state index contributed by atoms with van der Waals surface area (Å²) in [6.45, 7) is 6.32. The molecule has 2 aromatic rings. The van der Waals surface area contributed by atoms with Crippen molar-refractivity contribution < 1.29 is 13.9 Å². The van der Waals surface area contributed by atoms with Crippen LogP contribution >= 0.6 is 0 Å². The van der Waals surface area contributed by atoms with Crippen molar-refractivity contribution in [2.24, 2.45) is 15.6 Å². The Balaban J connectivity index is 1.73. The molecule has 0 amide bonds. The Hall–Kier alpha value is -3.35. The fourth-order valence-corrected chi connectivity index (χ4v) is 5.59. The number of carbonyl (C=O) groups is 1. The van der Waals surface area contributed by atoms with Gasteiger partial charge in [-0.15, -0.1) is 0 Å². The topological polar surface area (TPSA) is 75.9 Å². The van der Waals surface area contributed by atoms with Gasteiger partial charge in [-0.2, -0.15) is 10.2 Å². The number of benzene rings is 1. The average molecular weight is 447 g/mol. The Morgan fingerprint density at radius 2 is 2.06 bits per heavy atom. The zero-order valence-electron chi connectivity index (χ0n) is 19.3. The predicted molar refractivity (Wildman–Crippen MR) is 123 cm³/mol. The fraction of sp³-hybridized carbons (Fsp3) is 0.385. The minimum Gasteiger partial charge on any atom is -0.481 e. The molecule has 3 aliphatic rings. The molecule has 0 bridgehead atoms. The number of pyridine rings is 1. The van der Waals surface area contributed by atoms with Crippen LogP contribution in [-0.4, -0.2) is 24.0 Å². The molecular weight excluding hydrogens is 419 g/mol. The summed E-state index contributed by atoms with van der Waals surface area (Å²) in [6.07, 6.45) is 4.57. The van der Waals surface area contributed by atoms with Crippen LogP contribution in [0.15, 0.2) is 69.8 Å². The summed E-state index contributed by atoms with van der Waals surface area (Å²) < 4.78 is 19.9. The summed E-state index contributed by atoms with van der Waals surface area (Å²) in [7, 11) is 1.51. The van der Waals surface area contributed by atoms with Gasteiger partial charge in [-0.1, -0.05) is 39.0 Å². The van der Waals surface area contributed by atoms with E-state index in [-0.39, 0.29) is 17.4 Å². The lowest BCUT2D eigenvalue weighted by molar-refractivity contribution is -0.119. The van der Waals surface area contributed by atoms with Crippen LogP contribution in [0.1, 0.15) is 45.6 Å². The first-order valence-corrected chi connectivity index (χ1v) is 11.2. The minimum atomic E-state index is -0.675. The van der Waals surface area contributed by atoms with Gasteiger partial charge in [0.05, 0.1) is 24.9 Å². The predicted octanol–water partition coefficient (Wildman–Crippen LogP) is 5.47. The average Bonchev–Trinajstić information content (AvgIpc) is 3.26. The first-order chi connectivity index (χ1) is 15.8. The first kappa shape index (κ1) is 21.5. The molecule has 3 heterocycles. The number of Topliss-reactive ketones (excluding diaryl/α,β-unsaturated/α-hetero) is 1. The number of azo groups is 1. The number of carbonyl (C=O) groups excluding carboxylic acids is 1. The summed E-state index contributed by atoms with van der Waals surface area (Å²) in [6, 6.07) is 9.36. The number of nitrogens with zero attached hydrogens (tertiary/aromatic N) is 3. The minimum absolute atomic E-state index is 0.127. The molecular formula is C26H27FN4O2. The summed E-state index contributed by atoms with van der Waals surface area (Å²) in [4.78, 5) is 17.6. The summed E-state index contributed by atoms with van der Waals surface area (Å²) in [5, 5.41) is 12.1. The van der Waals surface area contributed by atoms with Crippen LogP contribution in [0.2, 0.25) is 0 Å². The monoisotopic (exact) mass is 446 g/mol. The highest BCUT2D eigenvalue weighted by Gasteiger charge is 2.53. The zero-order chi connectivity index (χ0) is 23.4. The Labute approximate surface area is 192 Å². The van der Waals surface area contributed by atoms with Crippen molar-refractivity contribution in [2.45, 2.75) is 51.6 Å². The van der Waals surface area contributed by atoms with Crippen molar-refractivity contribution in [1.82, 2.24) is 10.3 Å². The van der Waals surface area contributed by atoms with Crippen LogP contribution in [-0.2, 0) is 10.2 Å². The molecule has 0 spiro atoms. The number of rotatable bonds is 4. The van der Waals surface area contributed by atoms with E-state index < -0.39 is 11.2 Å². The van der Waals surface area contributed by atoms with E-state index in [1.807, 2.05) is 24.3 Å². The van der Waals surface area contributed by atoms with Gasteiger partial charge < -0.3 is 10.1 Å². The van der Waals surface area contributed by atoms with Crippen molar-refractivity contribution in [3.63, 3.8) is 0 Å². The molecule has 1 aromatic heterocycles. The van der Waals surface area contributed by atoms with Gasteiger partial charge in [-0.05, 0) is 35.4 Å². The number of hydrogen-bond acceptors (Lipinski definition) is 6. The highest BCUT2D eigenvalue weighted by molar-refractivity contribution is 6.01. The molecule has 0 saturated carbocycles. The lowest BCUT2D eigenvalue weighted by atomic mass is 9.58. The lowest BCUT2D eigenvalue weighted by Gasteiger charge is -2.47. The van der Waals surface area contributed by atoms with Crippen LogP contribution in [0.25, 0.3) is 11.1 Å². The Morgan fingerprint density at radius 3 is 2.82 bits per heavy atom. The molecule has 5 rings (SSSR count). The van der Waals surface area contributed by atoms with E-state index in [2.05, 4.69) is 41.3 Å². The quantitative estimate of drug-likeness (QED) is 0.676. The number of halogens is 1. The van der Waals surface area contributed by atoms with Crippen molar-refractivity contribution in [3.8, 4) is 17.0 Å². The second kappa shape index (κ2) is 7.61. The largest absolute Gasteiger partial charge is 0.481 e. The number of methoxy groups -OCH3 is 1. The highest BCUT2D eigenvalue weighted by atomic mass is 19.1. The van der Waals surface area contributed by atoms with Crippen LogP contribution in [0.4, 0.5) is 4.39 Å². The lowest BCUT2D eigenvalue weighted by Crippen LogP contribution is -2.51. The molecule has 33 heavy (non-hydrogen) atoms. The molecule has 2 aliphatic heterocycles. The summed E-state index contributed by atoms with van der Waals surface area (Å²) in [5.41, 5.74) is 3.94. The normalized spacial score (nSPS) is 25.3. The Bertz CT molecular complexity index is 1250. The van der Waals surface area contributed by atoms with E-state index in [4.69, 9.17) is 4.74 Å². The molecule has 1 aromatic carbocycles. The van der Waals surface area contributed by atoms with Gasteiger partial charge in [0.1, 0.15) is 5.82 Å². The molecule has 6 nitrogen and oxygen atoms in total. The number of ketones is 1. The van der Waals surface area contributed by atoms with E-state index >= 15 is 0 Å². The molecule has 1 unspecified atom stereocenters. The van der Waals surface area contributed by atoms with Crippen molar-refractivity contribution in [2.75, 3.05) is 7.11 Å². The van der Waals surface area contributed by atoms with E-state index in [1.165, 1.54) is 13.3 Å². The van der Waals surface area contributed by atoms with Crippen LogP contribution in [0.3, 0.4) is 0 Å². The molecule has 1 aliphatic carbocycles. The third-order valence-electron chi connectivity index (χ3n) is 7.02. The third kappa shape index (κ3) is 3.29. The first-order valence-electron chi connectivity index (χ1n) is 11.2. The maximum atomic E-state index is 14.7. The maximum Gasteiger partial charge on any atom is 0.213 e. The van der Waals surface area contributed by atoms with Crippen molar-refractivity contribution in [3.05, 3.63) is 71.0 Å². The van der Waals surface area contributed by atoms with Gasteiger partial charge >= 0.3 is 0 Å². The number of allylic oxidation sites excluding steroid dienone is 2. The molecule has 0 fully saturated rings. The van der Waals surface area contributed by atoms with Gasteiger partial charge in [0.2, 0.25) is 5.88 Å². The highest BCUT2D eigenvalue weighted by Crippen LogP contribution is 2.54. The number of aromatic nitrogens is 1. The van der Waals surface area contributed by atoms with Crippen molar-refractivity contribution in [1.29, 1.82) is 0 Å². The Morgan fingerprint density at radius 1 is 1.24 bits per heavy atom. The van der Waals surface area contributed by atoms with Gasteiger partial charge in [-0.25, -0.2) is 9.37 Å². The van der Waals surface area contributed by atoms with Crippen LogP contribution < -0.4 is 10.1 Å². The third-order valence-corrected chi connectivity index (χ3v) is 7.02. The summed E-state index contributed by atoms with van der Waals surface area (Å²) >= 11 is 0. The number of nitrogens with one attached hydrogen (secondary N) is 1. The fourth-order valence-electron chi connectivity index (χ4n) is 5.59. The molecule has 1 N–H and O–H groups in total. The van der Waals surface area contributed by atoms with Gasteiger partial charge in [0.25, 0.3) is 0 Å². The second-order valence-corrected chi connectivity index (χ2v) is 9.70. The van der Waals surface area contributed by atoms with Gasteiger partial charge in [0.15, 0.2) is 11.9 Å². The maximum absolute atomic E-state index is 14.7. The smallest absolute Gasteiger partial charge is 0.213 e.